The van der Waals surface area contributed by atoms with Gasteiger partial charge in [-0.05, 0) is 25.5 Å². The summed E-state index contributed by atoms with van der Waals surface area (Å²) < 4.78 is 5.09. The number of phenols is 1. The van der Waals surface area contributed by atoms with Gasteiger partial charge in [0.1, 0.15) is 17.2 Å². The van der Waals surface area contributed by atoms with Crippen molar-refractivity contribution in [2.24, 2.45) is 0 Å². The van der Waals surface area contributed by atoms with Gasteiger partial charge in [-0.25, -0.2) is 0 Å². The van der Waals surface area contributed by atoms with E-state index in [4.69, 9.17) is 4.74 Å². The van der Waals surface area contributed by atoms with Crippen molar-refractivity contribution in [3.63, 3.8) is 0 Å². The highest BCUT2D eigenvalue weighted by molar-refractivity contribution is 5.61. The Kier molecular flexibility index (Phi) is 3.19. The first-order chi connectivity index (χ1) is 6.60. The number of anilines is 1. The quantitative estimate of drug-likeness (QED) is 0.727. The minimum absolute atomic E-state index is 0.147. The molecule has 0 saturated carbocycles. The Morgan fingerprint density at radius 1 is 1.43 bits per heavy atom. The molecule has 0 radical (unpaired) electrons. The summed E-state index contributed by atoms with van der Waals surface area (Å²) in [5, 5.41) is 20.0. The zero-order valence-electron chi connectivity index (χ0n) is 8.61. The van der Waals surface area contributed by atoms with E-state index in [0.29, 0.717) is 18.0 Å². The average Bonchev–Trinajstić information content (AvgIpc) is 2.20. The smallest absolute Gasteiger partial charge is 0.145 e. The molecule has 0 aliphatic heterocycles. The number of phenolic OH excluding ortho intramolecular Hbond substituents is 1. The summed E-state index contributed by atoms with van der Waals surface area (Å²) in [6.45, 7) is 4.00. The summed E-state index contributed by atoms with van der Waals surface area (Å²) in [6.07, 6.45) is 0. The van der Waals surface area contributed by atoms with E-state index in [1.807, 2.05) is 0 Å². The SMILES string of the molecule is CCN(O)c1cc(O)c(C)cc1OC. The molecule has 0 amide bonds. The molecule has 1 aromatic carbocycles. The lowest BCUT2D eigenvalue weighted by atomic mass is 10.2. The first-order valence-corrected chi connectivity index (χ1v) is 4.44. The molecule has 0 aliphatic carbocycles. The third kappa shape index (κ3) is 1.90. The lowest BCUT2D eigenvalue weighted by molar-refractivity contribution is 0.255. The average molecular weight is 197 g/mol. The molecule has 0 aromatic heterocycles. The molecule has 0 saturated heterocycles. The van der Waals surface area contributed by atoms with Crippen LogP contribution in [0.25, 0.3) is 0 Å². The lowest BCUT2D eigenvalue weighted by Gasteiger charge is -2.18. The van der Waals surface area contributed by atoms with E-state index in [-0.39, 0.29) is 5.75 Å². The third-order valence-corrected chi connectivity index (χ3v) is 2.08. The van der Waals surface area contributed by atoms with Crippen molar-refractivity contribution < 1.29 is 15.1 Å². The van der Waals surface area contributed by atoms with Gasteiger partial charge in [-0.2, -0.15) is 0 Å². The number of methoxy groups -OCH3 is 1. The molecule has 4 nitrogen and oxygen atoms in total. The van der Waals surface area contributed by atoms with Crippen molar-refractivity contribution in [3.8, 4) is 11.5 Å². The van der Waals surface area contributed by atoms with Crippen LogP contribution in [-0.4, -0.2) is 24.0 Å². The number of rotatable bonds is 3. The normalized spacial score (nSPS) is 10.0. The van der Waals surface area contributed by atoms with Crippen LogP contribution >= 0.6 is 0 Å². The summed E-state index contributed by atoms with van der Waals surface area (Å²) in [5.41, 5.74) is 1.19. The number of benzene rings is 1. The molecule has 0 atom stereocenters. The second kappa shape index (κ2) is 4.19. The molecule has 2 N–H and O–H groups in total. The van der Waals surface area contributed by atoms with Crippen molar-refractivity contribution in [1.29, 1.82) is 0 Å². The van der Waals surface area contributed by atoms with Crippen molar-refractivity contribution in [1.82, 2.24) is 0 Å². The highest BCUT2D eigenvalue weighted by Crippen LogP contribution is 2.33. The summed E-state index contributed by atoms with van der Waals surface area (Å²) in [4.78, 5) is 0. The molecule has 1 aromatic rings. The van der Waals surface area contributed by atoms with E-state index < -0.39 is 0 Å². The van der Waals surface area contributed by atoms with E-state index in [1.165, 1.54) is 13.2 Å². The molecule has 0 bridgehead atoms. The number of nitrogens with zero attached hydrogens (tertiary/aromatic N) is 1. The van der Waals surface area contributed by atoms with Gasteiger partial charge >= 0.3 is 0 Å². The summed E-state index contributed by atoms with van der Waals surface area (Å²) in [5.74, 6) is 0.693. The molecule has 0 aliphatic rings. The maximum atomic E-state index is 9.50. The van der Waals surface area contributed by atoms with Crippen LogP contribution in [0.15, 0.2) is 12.1 Å². The van der Waals surface area contributed by atoms with E-state index >= 15 is 0 Å². The fourth-order valence-electron chi connectivity index (χ4n) is 1.19. The Morgan fingerprint density at radius 3 is 2.57 bits per heavy atom. The van der Waals surface area contributed by atoms with E-state index in [9.17, 15) is 10.3 Å². The minimum Gasteiger partial charge on any atom is -0.508 e. The topological polar surface area (TPSA) is 52.9 Å². The van der Waals surface area contributed by atoms with Gasteiger partial charge in [0, 0.05) is 12.6 Å². The Balaban J connectivity index is 3.19. The maximum Gasteiger partial charge on any atom is 0.145 e. The lowest BCUT2D eigenvalue weighted by Crippen LogP contribution is -2.17. The Labute approximate surface area is 83.3 Å². The Bertz CT molecular complexity index is 325. The zero-order valence-corrected chi connectivity index (χ0v) is 8.61. The van der Waals surface area contributed by atoms with Gasteiger partial charge in [-0.1, -0.05) is 0 Å². The first kappa shape index (κ1) is 10.7. The highest BCUT2D eigenvalue weighted by Gasteiger charge is 2.11. The van der Waals surface area contributed by atoms with Gasteiger partial charge < -0.3 is 9.84 Å². The number of hydroxylamine groups is 1. The second-order valence-corrected chi connectivity index (χ2v) is 3.03. The van der Waals surface area contributed by atoms with Crippen LogP contribution in [0.1, 0.15) is 12.5 Å². The molecule has 78 valence electrons. The molecular weight excluding hydrogens is 182 g/mol. The number of ether oxygens (including phenoxy) is 1. The van der Waals surface area contributed by atoms with Gasteiger partial charge in [-0.3, -0.25) is 10.3 Å². The highest BCUT2D eigenvalue weighted by atomic mass is 16.5. The molecule has 0 heterocycles. The molecule has 14 heavy (non-hydrogen) atoms. The number of aryl methyl sites for hydroxylation is 1. The van der Waals surface area contributed by atoms with Crippen LogP contribution in [0.5, 0.6) is 11.5 Å². The van der Waals surface area contributed by atoms with Gasteiger partial charge in [0.15, 0.2) is 0 Å². The fourth-order valence-corrected chi connectivity index (χ4v) is 1.19. The number of aromatic hydroxyl groups is 1. The van der Waals surface area contributed by atoms with Gasteiger partial charge in [0.25, 0.3) is 0 Å². The van der Waals surface area contributed by atoms with Crippen LogP contribution in [-0.2, 0) is 0 Å². The van der Waals surface area contributed by atoms with Gasteiger partial charge in [-0.15, -0.1) is 0 Å². The van der Waals surface area contributed by atoms with Crippen molar-refractivity contribution >= 4 is 5.69 Å². The van der Waals surface area contributed by atoms with Gasteiger partial charge in [0.05, 0.1) is 7.11 Å². The van der Waals surface area contributed by atoms with E-state index in [2.05, 4.69) is 0 Å². The fraction of sp³-hybridized carbons (Fsp3) is 0.400. The maximum absolute atomic E-state index is 9.50. The van der Waals surface area contributed by atoms with Crippen LogP contribution in [0, 0.1) is 6.92 Å². The van der Waals surface area contributed by atoms with Crippen molar-refractivity contribution in [2.75, 3.05) is 18.7 Å². The summed E-state index contributed by atoms with van der Waals surface area (Å²) >= 11 is 0. The number of hydrogen-bond acceptors (Lipinski definition) is 4. The van der Waals surface area contributed by atoms with E-state index in [0.717, 1.165) is 10.6 Å². The van der Waals surface area contributed by atoms with Crippen molar-refractivity contribution in [2.45, 2.75) is 13.8 Å². The molecule has 4 heteroatoms. The van der Waals surface area contributed by atoms with Crippen LogP contribution < -0.4 is 9.80 Å². The molecule has 0 spiro atoms. The van der Waals surface area contributed by atoms with E-state index in [1.54, 1.807) is 19.9 Å². The minimum atomic E-state index is 0.147. The molecule has 0 unspecified atom stereocenters. The monoisotopic (exact) mass is 197 g/mol. The van der Waals surface area contributed by atoms with Gasteiger partial charge in [0.2, 0.25) is 0 Å². The van der Waals surface area contributed by atoms with Crippen molar-refractivity contribution in [3.05, 3.63) is 17.7 Å². The zero-order chi connectivity index (χ0) is 10.7. The largest absolute Gasteiger partial charge is 0.508 e. The standard InChI is InChI=1S/C10H15NO3/c1-4-11(13)8-6-9(12)7(2)5-10(8)14-3/h5-6,12-13H,4H2,1-3H3. The predicted molar refractivity (Wildman–Crippen MR) is 54.2 cm³/mol. The molecule has 1 rings (SSSR count). The Hall–Kier alpha value is -1.42. The molecular formula is C10H15NO3. The first-order valence-electron chi connectivity index (χ1n) is 4.44. The second-order valence-electron chi connectivity index (χ2n) is 3.03. The summed E-state index contributed by atoms with van der Waals surface area (Å²) in [7, 11) is 1.53. The summed E-state index contributed by atoms with van der Waals surface area (Å²) in [6, 6.07) is 3.17. The van der Waals surface area contributed by atoms with Crippen LogP contribution in [0.3, 0.4) is 0 Å². The Morgan fingerprint density at radius 2 is 2.07 bits per heavy atom. The van der Waals surface area contributed by atoms with Crippen LogP contribution in [0.2, 0.25) is 0 Å². The van der Waals surface area contributed by atoms with Crippen LogP contribution in [0.4, 0.5) is 5.69 Å². The number of hydrogen-bond donors (Lipinski definition) is 2. The predicted octanol–water partition coefficient (Wildman–Crippen LogP) is 1.92. The third-order valence-electron chi connectivity index (χ3n) is 2.08. The molecule has 0 fully saturated rings.